The fourth-order valence-electron chi connectivity index (χ4n) is 2.07. The number of hydrazone groups is 1. The first-order valence-corrected chi connectivity index (χ1v) is 6.55. The van der Waals surface area contributed by atoms with Crippen molar-refractivity contribution in [2.45, 2.75) is 0 Å². The molecule has 104 valence electrons. The zero-order valence-corrected chi connectivity index (χ0v) is 11.8. The van der Waals surface area contributed by atoms with Crippen LogP contribution in [0, 0.1) is 0 Å². The molecule has 0 unspecified atom stereocenters. The zero-order valence-electron chi connectivity index (χ0n) is 11.8. The van der Waals surface area contributed by atoms with Crippen LogP contribution in [0.1, 0.15) is 5.56 Å². The Hall–Kier alpha value is -1.75. The Labute approximate surface area is 114 Å². The van der Waals surface area contributed by atoms with Crippen molar-refractivity contribution < 1.29 is 14.4 Å². The average Bonchev–Trinajstić information content (AvgIpc) is 2.46. The number of benzene rings is 1. The number of likely N-dealkylation sites (N-methyl/N-ethyl adjacent to an activating group) is 1. The maximum atomic E-state index is 5.28. The Morgan fingerprint density at radius 3 is 2.47 bits per heavy atom. The van der Waals surface area contributed by atoms with Crippen LogP contribution in [0.3, 0.4) is 0 Å². The van der Waals surface area contributed by atoms with Gasteiger partial charge in [-0.25, -0.2) is 0 Å². The van der Waals surface area contributed by atoms with Gasteiger partial charge in [0, 0.05) is 0 Å². The molecule has 0 aromatic heterocycles. The molecule has 1 saturated heterocycles. The molecule has 1 heterocycles. The summed E-state index contributed by atoms with van der Waals surface area (Å²) in [7, 11) is 5.50. The van der Waals surface area contributed by atoms with Gasteiger partial charge in [0.05, 0.1) is 53.7 Å². The number of rotatable bonds is 4. The lowest BCUT2D eigenvalue weighted by atomic mass is 10.2. The predicted molar refractivity (Wildman–Crippen MR) is 75.3 cm³/mol. The summed E-state index contributed by atoms with van der Waals surface area (Å²) in [6.45, 7) is 4.30. The molecule has 1 aliphatic rings. The molecule has 1 aromatic carbocycles. The Bertz CT molecular complexity index is 440. The maximum Gasteiger partial charge on any atom is 0.161 e. The highest BCUT2D eigenvalue weighted by atomic mass is 16.5. The summed E-state index contributed by atoms with van der Waals surface area (Å²) in [5.74, 6) is 1.47. The molecule has 1 aromatic rings. The minimum atomic E-state index is 0.731. The second-order valence-corrected chi connectivity index (χ2v) is 4.77. The number of methoxy groups -OCH3 is 2. The summed E-state index contributed by atoms with van der Waals surface area (Å²) in [6, 6.07) is 5.81. The number of hydrogen-bond donors (Lipinski definition) is 1. The SMILES string of the molecule is COc1ccc(/C=N\N2CC[NH+](C)CC2)cc1OC. The third kappa shape index (κ3) is 3.61. The number of piperazine rings is 1. The van der Waals surface area contributed by atoms with Crippen LogP contribution in [-0.2, 0) is 0 Å². The van der Waals surface area contributed by atoms with E-state index in [-0.39, 0.29) is 0 Å². The largest absolute Gasteiger partial charge is 0.493 e. The summed E-state index contributed by atoms with van der Waals surface area (Å²) < 4.78 is 10.5. The van der Waals surface area contributed by atoms with Crippen molar-refractivity contribution in [2.75, 3.05) is 47.4 Å². The van der Waals surface area contributed by atoms with Gasteiger partial charge >= 0.3 is 0 Å². The van der Waals surface area contributed by atoms with Crippen LogP contribution in [0.25, 0.3) is 0 Å². The van der Waals surface area contributed by atoms with E-state index < -0.39 is 0 Å². The molecular formula is C14H22N3O2+. The lowest BCUT2D eigenvalue weighted by molar-refractivity contribution is -0.884. The molecule has 19 heavy (non-hydrogen) atoms. The fourth-order valence-corrected chi connectivity index (χ4v) is 2.07. The van der Waals surface area contributed by atoms with E-state index in [0.29, 0.717) is 0 Å². The van der Waals surface area contributed by atoms with Crippen molar-refractivity contribution >= 4 is 6.21 Å². The summed E-state index contributed by atoms with van der Waals surface area (Å²) >= 11 is 0. The van der Waals surface area contributed by atoms with Gasteiger partial charge in [0.2, 0.25) is 0 Å². The van der Waals surface area contributed by atoms with Gasteiger partial charge in [0.1, 0.15) is 0 Å². The second kappa shape index (κ2) is 6.43. The Morgan fingerprint density at radius 1 is 1.16 bits per heavy atom. The van der Waals surface area contributed by atoms with Gasteiger partial charge in [0.15, 0.2) is 11.5 Å². The van der Waals surface area contributed by atoms with Crippen molar-refractivity contribution in [2.24, 2.45) is 5.10 Å². The van der Waals surface area contributed by atoms with Crippen molar-refractivity contribution in [3.63, 3.8) is 0 Å². The molecule has 1 fully saturated rings. The van der Waals surface area contributed by atoms with Crippen LogP contribution in [0.5, 0.6) is 11.5 Å². The summed E-state index contributed by atoms with van der Waals surface area (Å²) in [6.07, 6.45) is 1.88. The van der Waals surface area contributed by atoms with Gasteiger partial charge in [0.25, 0.3) is 0 Å². The molecule has 0 amide bonds. The first-order valence-electron chi connectivity index (χ1n) is 6.55. The van der Waals surface area contributed by atoms with E-state index in [1.54, 1.807) is 19.1 Å². The summed E-state index contributed by atoms with van der Waals surface area (Å²) in [5.41, 5.74) is 1.02. The van der Waals surface area contributed by atoms with E-state index in [1.165, 1.54) is 0 Å². The van der Waals surface area contributed by atoms with Gasteiger partial charge in [-0.15, -0.1) is 0 Å². The Balaban J connectivity index is 2.02. The molecule has 0 radical (unpaired) electrons. The van der Waals surface area contributed by atoms with Crippen molar-refractivity contribution in [1.82, 2.24) is 5.01 Å². The van der Waals surface area contributed by atoms with Crippen LogP contribution in [0.15, 0.2) is 23.3 Å². The molecular weight excluding hydrogens is 242 g/mol. The minimum absolute atomic E-state index is 0.731. The van der Waals surface area contributed by atoms with E-state index >= 15 is 0 Å². The normalized spacial score (nSPS) is 16.9. The average molecular weight is 264 g/mol. The van der Waals surface area contributed by atoms with Crippen LogP contribution in [-0.4, -0.2) is 58.7 Å². The van der Waals surface area contributed by atoms with Gasteiger partial charge in [-0.05, 0) is 23.8 Å². The molecule has 0 atom stereocenters. The third-order valence-corrected chi connectivity index (χ3v) is 3.37. The van der Waals surface area contributed by atoms with E-state index in [0.717, 1.165) is 43.2 Å². The van der Waals surface area contributed by atoms with Gasteiger partial charge in [-0.2, -0.15) is 5.10 Å². The fraction of sp³-hybridized carbons (Fsp3) is 0.500. The van der Waals surface area contributed by atoms with E-state index in [4.69, 9.17) is 9.47 Å². The Morgan fingerprint density at radius 2 is 1.84 bits per heavy atom. The van der Waals surface area contributed by atoms with Crippen LogP contribution >= 0.6 is 0 Å². The molecule has 1 aliphatic heterocycles. The number of hydrogen-bond acceptors (Lipinski definition) is 4. The summed E-state index contributed by atoms with van der Waals surface area (Å²) in [5, 5.41) is 6.63. The first-order chi connectivity index (χ1) is 9.22. The topological polar surface area (TPSA) is 38.5 Å². The zero-order chi connectivity index (χ0) is 13.7. The quantitative estimate of drug-likeness (QED) is 0.770. The maximum absolute atomic E-state index is 5.28. The lowest BCUT2D eigenvalue weighted by Gasteiger charge is -2.27. The van der Waals surface area contributed by atoms with Gasteiger partial charge in [-0.3, -0.25) is 5.01 Å². The molecule has 0 saturated carbocycles. The van der Waals surface area contributed by atoms with Crippen molar-refractivity contribution in [3.05, 3.63) is 23.8 Å². The van der Waals surface area contributed by atoms with E-state index in [9.17, 15) is 0 Å². The van der Waals surface area contributed by atoms with Crippen molar-refractivity contribution in [1.29, 1.82) is 0 Å². The predicted octanol–water partition coefficient (Wildman–Crippen LogP) is -0.132. The summed E-state index contributed by atoms with van der Waals surface area (Å²) in [4.78, 5) is 1.57. The highest BCUT2D eigenvalue weighted by Crippen LogP contribution is 2.26. The van der Waals surface area contributed by atoms with Crippen LogP contribution in [0.2, 0.25) is 0 Å². The highest BCUT2D eigenvalue weighted by Gasteiger charge is 2.14. The number of ether oxygens (including phenoxy) is 2. The monoisotopic (exact) mass is 264 g/mol. The van der Waals surface area contributed by atoms with Crippen LogP contribution < -0.4 is 14.4 Å². The first kappa shape index (κ1) is 13.7. The van der Waals surface area contributed by atoms with E-state index in [1.807, 2.05) is 24.4 Å². The molecule has 0 bridgehead atoms. The smallest absolute Gasteiger partial charge is 0.161 e. The standard InChI is InChI=1S/C14H21N3O2/c1-16-6-8-17(9-7-16)15-11-12-4-5-13(18-2)14(10-12)19-3/h4-5,10-11H,6-9H2,1-3H3/p+1/b15-11-. The molecule has 5 heteroatoms. The number of nitrogens with one attached hydrogen (secondary N) is 1. The van der Waals surface area contributed by atoms with Gasteiger partial charge in [-0.1, -0.05) is 0 Å². The van der Waals surface area contributed by atoms with Crippen molar-refractivity contribution in [3.8, 4) is 11.5 Å². The van der Waals surface area contributed by atoms with Crippen LogP contribution in [0.4, 0.5) is 0 Å². The number of quaternary nitrogens is 1. The highest BCUT2D eigenvalue weighted by molar-refractivity contribution is 5.80. The molecule has 5 nitrogen and oxygen atoms in total. The lowest BCUT2D eigenvalue weighted by Crippen LogP contribution is -3.11. The molecule has 0 spiro atoms. The van der Waals surface area contributed by atoms with Gasteiger partial charge < -0.3 is 14.4 Å². The molecule has 1 N–H and O–H groups in total. The molecule has 0 aliphatic carbocycles. The minimum Gasteiger partial charge on any atom is -0.493 e. The second-order valence-electron chi connectivity index (χ2n) is 4.77. The number of nitrogens with zero attached hydrogens (tertiary/aromatic N) is 2. The van der Waals surface area contributed by atoms with E-state index in [2.05, 4.69) is 17.2 Å². The Kier molecular flexibility index (Phi) is 4.63. The third-order valence-electron chi connectivity index (χ3n) is 3.37. The molecule has 2 rings (SSSR count).